The Morgan fingerprint density at radius 2 is 1.96 bits per heavy atom. The second kappa shape index (κ2) is 8.75. The van der Waals surface area contributed by atoms with Gasteiger partial charge in [0.25, 0.3) is 0 Å². The second-order valence-electron chi connectivity index (χ2n) is 6.92. The van der Waals surface area contributed by atoms with Crippen LogP contribution in [0.15, 0.2) is 53.4 Å². The van der Waals surface area contributed by atoms with Gasteiger partial charge in [0.2, 0.25) is 15.9 Å². The average Bonchev–Trinajstić information content (AvgIpc) is 2.70. The Morgan fingerprint density at radius 1 is 1.21 bits per heavy atom. The molecule has 1 heterocycles. The van der Waals surface area contributed by atoms with Crippen molar-refractivity contribution in [2.75, 3.05) is 25.0 Å². The molecule has 1 fully saturated rings. The lowest BCUT2D eigenvalue weighted by molar-refractivity contribution is -0.120. The van der Waals surface area contributed by atoms with E-state index in [9.17, 15) is 13.2 Å². The number of piperidine rings is 1. The van der Waals surface area contributed by atoms with Gasteiger partial charge in [-0.1, -0.05) is 18.2 Å². The van der Waals surface area contributed by atoms with Crippen LogP contribution < -0.4 is 10.1 Å². The second-order valence-corrected chi connectivity index (χ2v) is 8.86. The lowest BCUT2D eigenvalue weighted by Crippen LogP contribution is -2.43. The molecule has 1 amide bonds. The molecular weight excluding hydrogens is 376 g/mol. The molecule has 1 saturated heterocycles. The molecule has 1 aliphatic heterocycles. The van der Waals surface area contributed by atoms with E-state index in [0.717, 1.165) is 11.3 Å². The number of nitrogens with one attached hydrogen (secondary N) is 1. The number of hydrogen-bond donors (Lipinski definition) is 1. The van der Waals surface area contributed by atoms with Gasteiger partial charge in [-0.25, -0.2) is 8.42 Å². The Labute approximate surface area is 166 Å². The zero-order valence-electron chi connectivity index (χ0n) is 16.2. The summed E-state index contributed by atoms with van der Waals surface area (Å²) in [7, 11) is -3.66. The van der Waals surface area contributed by atoms with Crippen molar-refractivity contribution >= 4 is 21.6 Å². The number of benzene rings is 2. The van der Waals surface area contributed by atoms with Gasteiger partial charge in [-0.15, -0.1) is 0 Å². The zero-order chi connectivity index (χ0) is 20.1. The van der Waals surface area contributed by atoms with E-state index in [1.54, 1.807) is 18.2 Å². The van der Waals surface area contributed by atoms with E-state index < -0.39 is 10.0 Å². The number of carbonyl (C=O) groups excluding carboxylic acids is 1. The van der Waals surface area contributed by atoms with Crippen LogP contribution in [-0.4, -0.2) is 38.3 Å². The Kier molecular flexibility index (Phi) is 6.36. The fourth-order valence-corrected chi connectivity index (χ4v) is 5.00. The van der Waals surface area contributed by atoms with Gasteiger partial charge >= 0.3 is 0 Å². The third kappa shape index (κ3) is 4.54. The van der Waals surface area contributed by atoms with E-state index in [1.165, 1.54) is 4.31 Å². The minimum Gasteiger partial charge on any atom is -0.494 e. The van der Waals surface area contributed by atoms with Crippen molar-refractivity contribution in [3.8, 4) is 5.75 Å². The highest BCUT2D eigenvalue weighted by Gasteiger charge is 2.33. The number of aryl methyl sites for hydroxylation is 1. The van der Waals surface area contributed by atoms with Gasteiger partial charge in [-0.3, -0.25) is 4.79 Å². The van der Waals surface area contributed by atoms with Crippen LogP contribution in [0.2, 0.25) is 0 Å². The van der Waals surface area contributed by atoms with Crippen molar-refractivity contribution in [3.63, 3.8) is 0 Å². The largest absolute Gasteiger partial charge is 0.494 e. The Morgan fingerprint density at radius 3 is 2.64 bits per heavy atom. The maximum Gasteiger partial charge on any atom is 0.243 e. The van der Waals surface area contributed by atoms with Crippen molar-refractivity contribution in [2.24, 2.45) is 5.92 Å². The summed E-state index contributed by atoms with van der Waals surface area (Å²) in [5, 5.41) is 2.88. The highest BCUT2D eigenvalue weighted by molar-refractivity contribution is 7.89. The summed E-state index contributed by atoms with van der Waals surface area (Å²) in [4.78, 5) is 12.8. The topological polar surface area (TPSA) is 75.7 Å². The van der Waals surface area contributed by atoms with Gasteiger partial charge in [-0.2, -0.15) is 4.31 Å². The molecule has 0 saturated carbocycles. The number of para-hydroxylation sites is 1. The molecule has 28 heavy (non-hydrogen) atoms. The van der Waals surface area contributed by atoms with E-state index in [4.69, 9.17) is 4.74 Å². The van der Waals surface area contributed by atoms with E-state index in [2.05, 4.69) is 5.32 Å². The van der Waals surface area contributed by atoms with Crippen molar-refractivity contribution in [1.29, 1.82) is 0 Å². The van der Waals surface area contributed by atoms with E-state index in [1.807, 2.05) is 44.2 Å². The minimum atomic E-state index is -3.66. The van der Waals surface area contributed by atoms with Gasteiger partial charge in [0.05, 0.1) is 17.4 Å². The SMILES string of the molecule is CCOc1ccc(S(=O)(=O)N2CCC[C@H](C(=O)Nc3ccccc3)C2)cc1C. The summed E-state index contributed by atoms with van der Waals surface area (Å²) in [5.41, 5.74) is 1.49. The molecule has 2 aromatic carbocycles. The molecule has 3 rings (SSSR count). The molecule has 0 radical (unpaired) electrons. The number of amides is 1. The predicted molar refractivity (Wildman–Crippen MR) is 109 cm³/mol. The number of sulfonamides is 1. The van der Waals surface area contributed by atoms with Crippen LogP contribution in [0.5, 0.6) is 5.75 Å². The molecule has 0 aliphatic carbocycles. The summed E-state index contributed by atoms with van der Waals surface area (Å²) in [6, 6.07) is 14.1. The number of anilines is 1. The lowest BCUT2D eigenvalue weighted by atomic mass is 9.99. The standard InChI is InChI=1S/C21H26N2O4S/c1-3-27-20-12-11-19(14-16(20)2)28(25,26)23-13-7-8-17(15-23)21(24)22-18-9-5-4-6-10-18/h4-6,9-12,14,17H,3,7-8,13,15H2,1-2H3,(H,22,24)/t17-/m0/s1. The monoisotopic (exact) mass is 402 g/mol. The molecule has 0 spiro atoms. The summed E-state index contributed by atoms with van der Waals surface area (Å²) in [6.45, 7) is 4.85. The molecule has 1 aliphatic rings. The maximum atomic E-state index is 13.1. The van der Waals surface area contributed by atoms with Crippen LogP contribution >= 0.6 is 0 Å². The van der Waals surface area contributed by atoms with Gasteiger partial charge in [0.1, 0.15) is 5.75 Å². The molecule has 6 nitrogen and oxygen atoms in total. The first-order valence-electron chi connectivity index (χ1n) is 9.51. The first-order valence-corrected chi connectivity index (χ1v) is 11.0. The molecule has 1 atom stereocenters. The first kappa shape index (κ1) is 20.4. The third-order valence-corrected chi connectivity index (χ3v) is 6.74. The quantitative estimate of drug-likeness (QED) is 0.803. The van der Waals surface area contributed by atoms with Crippen LogP contribution in [0.3, 0.4) is 0 Å². The minimum absolute atomic E-state index is 0.144. The number of ether oxygens (including phenoxy) is 1. The van der Waals surface area contributed by atoms with Crippen LogP contribution in [0.25, 0.3) is 0 Å². The summed E-state index contributed by atoms with van der Waals surface area (Å²) in [5.74, 6) is 0.168. The normalized spacial score (nSPS) is 17.9. The van der Waals surface area contributed by atoms with Crippen molar-refractivity contribution in [2.45, 2.75) is 31.6 Å². The number of rotatable bonds is 6. The summed E-state index contributed by atoms with van der Waals surface area (Å²) < 4.78 is 33.1. The van der Waals surface area contributed by atoms with Crippen molar-refractivity contribution < 1.29 is 17.9 Å². The highest BCUT2D eigenvalue weighted by atomic mass is 32.2. The predicted octanol–water partition coefficient (Wildman–Crippen LogP) is 3.43. The van der Waals surface area contributed by atoms with Gasteiger partial charge in [-0.05, 0) is 62.6 Å². The molecule has 0 unspecified atom stereocenters. The molecule has 1 N–H and O–H groups in total. The average molecular weight is 403 g/mol. The molecule has 0 aromatic heterocycles. The van der Waals surface area contributed by atoms with E-state index >= 15 is 0 Å². The summed E-state index contributed by atoms with van der Waals surface area (Å²) >= 11 is 0. The highest BCUT2D eigenvalue weighted by Crippen LogP contribution is 2.28. The van der Waals surface area contributed by atoms with E-state index in [-0.39, 0.29) is 23.3 Å². The van der Waals surface area contributed by atoms with Crippen molar-refractivity contribution in [3.05, 3.63) is 54.1 Å². The van der Waals surface area contributed by atoms with E-state index in [0.29, 0.717) is 31.7 Å². The van der Waals surface area contributed by atoms with Gasteiger partial charge < -0.3 is 10.1 Å². The lowest BCUT2D eigenvalue weighted by Gasteiger charge is -2.31. The maximum absolute atomic E-state index is 13.1. The van der Waals surface area contributed by atoms with Crippen LogP contribution in [0, 0.1) is 12.8 Å². The smallest absolute Gasteiger partial charge is 0.243 e. The Bertz CT molecular complexity index is 929. The Hall–Kier alpha value is -2.38. The number of hydrogen-bond acceptors (Lipinski definition) is 4. The third-order valence-electron chi connectivity index (χ3n) is 4.88. The Balaban J connectivity index is 1.73. The molecule has 0 bridgehead atoms. The summed E-state index contributed by atoms with van der Waals surface area (Å²) in [6.07, 6.45) is 1.33. The van der Waals surface area contributed by atoms with Crippen LogP contribution in [0.4, 0.5) is 5.69 Å². The zero-order valence-corrected chi connectivity index (χ0v) is 17.0. The van der Waals surface area contributed by atoms with Gasteiger partial charge in [0, 0.05) is 18.8 Å². The number of nitrogens with zero attached hydrogens (tertiary/aromatic N) is 1. The van der Waals surface area contributed by atoms with Crippen LogP contribution in [-0.2, 0) is 14.8 Å². The van der Waals surface area contributed by atoms with Crippen molar-refractivity contribution in [1.82, 2.24) is 4.31 Å². The van der Waals surface area contributed by atoms with Crippen LogP contribution in [0.1, 0.15) is 25.3 Å². The fourth-order valence-electron chi connectivity index (χ4n) is 3.39. The van der Waals surface area contributed by atoms with Gasteiger partial charge in [0.15, 0.2) is 0 Å². The molecular formula is C21H26N2O4S. The number of carbonyl (C=O) groups is 1. The molecule has 7 heteroatoms. The molecule has 2 aromatic rings. The molecule has 150 valence electrons. The first-order chi connectivity index (χ1) is 13.4. The fraction of sp³-hybridized carbons (Fsp3) is 0.381.